The molecule has 3 rings (SSSR count). The Balaban J connectivity index is 1.98. The summed E-state index contributed by atoms with van der Waals surface area (Å²) in [5.41, 5.74) is 0.978. The minimum Gasteiger partial charge on any atom is -0.262 e. The van der Waals surface area contributed by atoms with Crippen molar-refractivity contribution in [3.63, 3.8) is 0 Å². The molecule has 0 aliphatic carbocycles. The van der Waals surface area contributed by atoms with Crippen LogP contribution in [0.4, 0.5) is 5.82 Å². The summed E-state index contributed by atoms with van der Waals surface area (Å²) < 4.78 is 28.5. The maximum atomic E-state index is 12.4. The van der Waals surface area contributed by atoms with Crippen LogP contribution in [0.15, 0.2) is 47.5 Å². The van der Waals surface area contributed by atoms with Crippen LogP contribution in [-0.2, 0) is 17.1 Å². The highest BCUT2D eigenvalue weighted by Crippen LogP contribution is 2.20. The fourth-order valence-electron chi connectivity index (χ4n) is 2.04. The quantitative estimate of drug-likeness (QED) is 0.792. The number of hydrogen-bond acceptors (Lipinski definition) is 5. The van der Waals surface area contributed by atoms with E-state index >= 15 is 0 Å². The van der Waals surface area contributed by atoms with Crippen LogP contribution < -0.4 is 4.72 Å². The number of pyridine rings is 1. The van der Waals surface area contributed by atoms with Crippen LogP contribution in [0.3, 0.4) is 0 Å². The van der Waals surface area contributed by atoms with Crippen molar-refractivity contribution >= 4 is 26.7 Å². The molecule has 0 aliphatic rings. The number of fused-ring (bicyclic) bond motifs is 1. The largest absolute Gasteiger partial charge is 0.263 e. The SMILES string of the molecule is Cn1nc(NS(=O)(=O)c2ccc3ncccc3c2)cc1C#N. The first-order valence-electron chi connectivity index (χ1n) is 6.31. The van der Waals surface area contributed by atoms with Crippen molar-refractivity contribution in [2.45, 2.75) is 4.90 Å². The van der Waals surface area contributed by atoms with Gasteiger partial charge in [0.05, 0.1) is 10.4 Å². The summed E-state index contributed by atoms with van der Waals surface area (Å²) in [7, 11) is -2.21. The molecule has 0 saturated heterocycles. The third kappa shape index (κ3) is 2.49. The molecule has 0 bridgehead atoms. The molecule has 3 aromatic rings. The number of benzene rings is 1. The maximum Gasteiger partial charge on any atom is 0.263 e. The van der Waals surface area contributed by atoms with E-state index in [1.165, 1.54) is 16.8 Å². The predicted molar refractivity (Wildman–Crippen MR) is 80.5 cm³/mol. The van der Waals surface area contributed by atoms with E-state index in [2.05, 4.69) is 14.8 Å². The van der Waals surface area contributed by atoms with Crippen molar-refractivity contribution < 1.29 is 8.42 Å². The first kappa shape index (κ1) is 14.0. The number of sulfonamides is 1. The van der Waals surface area contributed by atoms with Gasteiger partial charge in [-0.05, 0) is 24.3 Å². The van der Waals surface area contributed by atoms with Crippen molar-refractivity contribution in [2.75, 3.05) is 4.72 Å². The van der Waals surface area contributed by atoms with Crippen LogP contribution in [0.1, 0.15) is 5.69 Å². The Labute approximate surface area is 126 Å². The van der Waals surface area contributed by atoms with E-state index in [9.17, 15) is 8.42 Å². The van der Waals surface area contributed by atoms with Gasteiger partial charge < -0.3 is 0 Å². The lowest BCUT2D eigenvalue weighted by Crippen LogP contribution is -2.13. The van der Waals surface area contributed by atoms with Gasteiger partial charge in [0.25, 0.3) is 10.0 Å². The lowest BCUT2D eigenvalue weighted by molar-refractivity contribution is 0.601. The fourth-order valence-corrected chi connectivity index (χ4v) is 3.06. The highest BCUT2D eigenvalue weighted by atomic mass is 32.2. The number of aromatic nitrogens is 3. The lowest BCUT2D eigenvalue weighted by Gasteiger charge is -2.06. The molecule has 0 amide bonds. The molecule has 7 nitrogen and oxygen atoms in total. The maximum absolute atomic E-state index is 12.4. The molecular weight excluding hydrogens is 302 g/mol. The van der Waals surface area contributed by atoms with E-state index in [1.807, 2.05) is 6.07 Å². The van der Waals surface area contributed by atoms with E-state index in [0.29, 0.717) is 5.52 Å². The summed E-state index contributed by atoms with van der Waals surface area (Å²) in [4.78, 5) is 4.26. The Hall–Kier alpha value is -2.92. The van der Waals surface area contributed by atoms with E-state index in [0.717, 1.165) is 5.39 Å². The van der Waals surface area contributed by atoms with Gasteiger partial charge in [-0.3, -0.25) is 14.4 Å². The summed E-state index contributed by atoms with van der Waals surface area (Å²) in [6.45, 7) is 0. The summed E-state index contributed by atoms with van der Waals surface area (Å²) in [5, 5.41) is 13.5. The summed E-state index contributed by atoms with van der Waals surface area (Å²) in [5.74, 6) is 0.102. The number of aryl methyl sites for hydroxylation is 1. The van der Waals surface area contributed by atoms with Crippen LogP contribution >= 0.6 is 0 Å². The molecule has 0 fully saturated rings. The van der Waals surface area contributed by atoms with Gasteiger partial charge in [0.2, 0.25) is 0 Å². The standard InChI is InChI=1S/C14H11N5O2S/c1-19-11(9-15)8-14(17-19)18-22(20,21)12-4-5-13-10(7-12)3-2-6-16-13/h2-8H,1H3,(H,17,18). The molecule has 8 heteroatoms. The van der Waals surface area contributed by atoms with E-state index in [-0.39, 0.29) is 16.4 Å². The van der Waals surface area contributed by atoms with Crippen molar-refractivity contribution in [1.29, 1.82) is 5.26 Å². The van der Waals surface area contributed by atoms with Crippen molar-refractivity contribution in [3.05, 3.63) is 48.3 Å². The Morgan fingerprint density at radius 2 is 2.09 bits per heavy atom. The van der Waals surface area contributed by atoms with Gasteiger partial charge in [0.15, 0.2) is 5.82 Å². The molecular formula is C14H11N5O2S. The van der Waals surface area contributed by atoms with Gasteiger partial charge in [-0.25, -0.2) is 8.42 Å². The second-order valence-electron chi connectivity index (χ2n) is 4.61. The van der Waals surface area contributed by atoms with Crippen LogP contribution in [0.2, 0.25) is 0 Å². The van der Waals surface area contributed by atoms with E-state index < -0.39 is 10.0 Å². The summed E-state index contributed by atoms with van der Waals surface area (Å²) in [6, 6.07) is 11.5. The molecule has 0 radical (unpaired) electrons. The Bertz CT molecular complexity index is 1000. The first-order valence-corrected chi connectivity index (χ1v) is 7.80. The summed E-state index contributed by atoms with van der Waals surface area (Å²) >= 11 is 0. The number of anilines is 1. The van der Waals surface area contributed by atoms with Gasteiger partial charge in [-0.1, -0.05) is 6.07 Å². The zero-order valence-electron chi connectivity index (χ0n) is 11.6. The molecule has 22 heavy (non-hydrogen) atoms. The zero-order valence-corrected chi connectivity index (χ0v) is 12.4. The van der Waals surface area contributed by atoms with E-state index in [4.69, 9.17) is 5.26 Å². The van der Waals surface area contributed by atoms with Crippen LogP contribution in [0.5, 0.6) is 0 Å². The highest BCUT2D eigenvalue weighted by Gasteiger charge is 2.17. The summed E-state index contributed by atoms with van der Waals surface area (Å²) in [6.07, 6.45) is 1.64. The number of rotatable bonds is 3. The third-order valence-corrected chi connectivity index (χ3v) is 4.47. The molecule has 0 saturated carbocycles. The molecule has 0 aliphatic heterocycles. The average Bonchev–Trinajstić information content (AvgIpc) is 2.85. The van der Waals surface area contributed by atoms with Gasteiger partial charge in [0.1, 0.15) is 11.8 Å². The second-order valence-corrected chi connectivity index (χ2v) is 6.30. The highest BCUT2D eigenvalue weighted by molar-refractivity contribution is 7.92. The fraction of sp³-hybridized carbons (Fsp3) is 0.0714. The number of nitriles is 1. The minimum absolute atomic E-state index is 0.102. The molecule has 0 spiro atoms. The minimum atomic E-state index is -3.78. The molecule has 0 unspecified atom stereocenters. The molecule has 0 atom stereocenters. The number of hydrogen-bond donors (Lipinski definition) is 1. The topological polar surface area (TPSA) is 101 Å². The Morgan fingerprint density at radius 1 is 1.27 bits per heavy atom. The third-order valence-electron chi connectivity index (χ3n) is 3.12. The Kier molecular flexibility index (Phi) is 3.27. The van der Waals surface area contributed by atoms with Crippen LogP contribution in [0.25, 0.3) is 10.9 Å². The first-order chi connectivity index (χ1) is 10.5. The van der Waals surface area contributed by atoms with Crippen molar-refractivity contribution in [3.8, 4) is 6.07 Å². The van der Waals surface area contributed by atoms with E-state index in [1.54, 1.807) is 37.5 Å². The predicted octanol–water partition coefficient (Wildman–Crippen LogP) is 1.64. The van der Waals surface area contributed by atoms with Crippen molar-refractivity contribution in [2.24, 2.45) is 7.05 Å². The average molecular weight is 313 g/mol. The van der Waals surface area contributed by atoms with Crippen LogP contribution in [-0.4, -0.2) is 23.2 Å². The van der Waals surface area contributed by atoms with Crippen molar-refractivity contribution in [1.82, 2.24) is 14.8 Å². The molecule has 110 valence electrons. The van der Waals surface area contributed by atoms with Gasteiger partial charge in [-0.15, -0.1) is 0 Å². The number of nitrogens with zero attached hydrogens (tertiary/aromatic N) is 4. The van der Waals surface area contributed by atoms with Gasteiger partial charge in [0, 0.05) is 24.7 Å². The second kappa shape index (κ2) is 5.13. The molecule has 1 aromatic carbocycles. The van der Waals surface area contributed by atoms with Crippen LogP contribution in [0, 0.1) is 11.3 Å². The Morgan fingerprint density at radius 3 is 2.82 bits per heavy atom. The number of nitrogens with one attached hydrogen (secondary N) is 1. The molecule has 2 heterocycles. The smallest absolute Gasteiger partial charge is 0.262 e. The molecule has 1 N–H and O–H groups in total. The zero-order chi connectivity index (χ0) is 15.7. The lowest BCUT2D eigenvalue weighted by atomic mass is 10.2. The molecule has 2 aromatic heterocycles. The van der Waals surface area contributed by atoms with Gasteiger partial charge >= 0.3 is 0 Å². The van der Waals surface area contributed by atoms with Gasteiger partial charge in [-0.2, -0.15) is 10.4 Å². The normalized spacial score (nSPS) is 11.3. The monoisotopic (exact) mass is 313 g/mol.